The summed E-state index contributed by atoms with van der Waals surface area (Å²) < 4.78 is 0. The maximum absolute atomic E-state index is 13.0. The molecule has 0 unspecified atom stereocenters. The fraction of sp³-hybridized carbons (Fsp3) is 0.348. The van der Waals surface area contributed by atoms with Crippen LogP contribution in [0.5, 0.6) is 0 Å². The number of anilines is 1. The topological polar surface area (TPSA) is 49.3 Å². The van der Waals surface area contributed by atoms with Gasteiger partial charge in [-0.25, -0.2) is 4.98 Å². The minimum atomic E-state index is 0.00212. The van der Waals surface area contributed by atoms with Crippen LogP contribution in [0, 0.1) is 6.92 Å². The van der Waals surface area contributed by atoms with Gasteiger partial charge in [0.25, 0.3) is 5.91 Å². The van der Waals surface area contributed by atoms with Crippen molar-refractivity contribution in [2.75, 3.05) is 25.0 Å². The molecular weight excluding hydrogens is 380 g/mol. The highest BCUT2D eigenvalue weighted by atomic mass is 32.1. The van der Waals surface area contributed by atoms with Gasteiger partial charge in [-0.2, -0.15) is 0 Å². The van der Waals surface area contributed by atoms with Crippen LogP contribution in [-0.2, 0) is 6.54 Å². The van der Waals surface area contributed by atoms with Crippen molar-refractivity contribution in [1.82, 2.24) is 14.9 Å². The molecule has 1 amide bonds. The normalized spacial score (nSPS) is 14.1. The van der Waals surface area contributed by atoms with E-state index in [1.54, 1.807) is 11.1 Å². The lowest BCUT2D eigenvalue weighted by Gasteiger charge is -2.29. The van der Waals surface area contributed by atoms with E-state index < -0.39 is 0 Å². The van der Waals surface area contributed by atoms with Crippen LogP contribution in [0.1, 0.15) is 40.2 Å². The molecule has 3 aromatic rings. The second-order valence-corrected chi connectivity index (χ2v) is 8.52. The molecule has 1 aliphatic heterocycles. The van der Waals surface area contributed by atoms with Crippen molar-refractivity contribution < 1.29 is 4.79 Å². The first kappa shape index (κ1) is 19.6. The Kier molecular flexibility index (Phi) is 5.90. The van der Waals surface area contributed by atoms with Crippen LogP contribution in [0.25, 0.3) is 10.7 Å². The molecule has 0 N–H and O–H groups in total. The van der Waals surface area contributed by atoms with Gasteiger partial charge in [-0.15, -0.1) is 11.3 Å². The monoisotopic (exact) mass is 406 g/mol. The van der Waals surface area contributed by atoms with Gasteiger partial charge < -0.3 is 9.80 Å². The molecule has 1 fully saturated rings. The summed E-state index contributed by atoms with van der Waals surface area (Å²) in [4.78, 5) is 26.8. The molecule has 0 spiro atoms. The third-order valence-corrected chi connectivity index (χ3v) is 6.47. The zero-order valence-corrected chi connectivity index (χ0v) is 17.8. The van der Waals surface area contributed by atoms with E-state index in [1.807, 2.05) is 32.2 Å². The van der Waals surface area contributed by atoms with Crippen molar-refractivity contribution in [1.29, 1.82) is 0 Å². The number of aryl methyl sites for hydroxylation is 1. The van der Waals surface area contributed by atoms with Crippen molar-refractivity contribution in [3.63, 3.8) is 0 Å². The molecule has 29 heavy (non-hydrogen) atoms. The fourth-order valence-electron chi connectivity index (χ4n) is 3.68. The maximum Gasteiger partial charge on any atom is 0.265 e. The van der Waals surface area contributed by atoms with Gasteiger partial charge in [0.05, 0.1) is 11.4 Å². The number of thiazole rings is 1. The Morgan fingerprint density at radius 2 is 1.86 bits per heavy atom. The van der Waals surface area contributed by atoms with Gasteiger partial charge in [0.15, 0.2) is 0 Å². The summed E-state index contributed by atoms with van der Waals surface area (Å²) in [6, 6.07) is 14.3. The van der Waals surface area contributed by atoms with Crippen LogP contribution in [-0.4, -0.2) is 40.9 Å². The van der Waals surface area contributed by atoms with E-state index in [0.717, 1.165) is 35.0 Å². The highest BCUT2D eigenvalue weighted by Gasteiger charge is 2.20. The Morgan fingerprint density at radius 1 is 1.10 bits per heavy atom. The number of carbonyl (C=O) groups is 1. The minimum absolute atomic E-state index is 0.00212. The molecule has 4 rings (SSSR count). The van der Waals surface area contributed by atoms with Gasteiger partial charge in [0.2, 0.25) is 0 Å². The van der Waals surface area contributed by atoms with Crippen LogP contribution in [0.4, 0.5) is 5.69 Å². The summed E-state index contributed by atoms with van der Waals surface area (Å²) in [5.41, 5.74) is 3.97. The Balaban J connectivity index is 1.44. The lowest BCUT2D eigenvalue weighted by atomic mass is 10.1. The zero-order chi connectivity index (χ0) is 20.2. The number of rotatable bonds is 5. The largest absolute Gasteiger partial charge is 0.372 e. The molecule has 6 heteroatoms. The Bertz CT molecular complexity index is 962. The second kappa shape index (κ2) is 8.74. The highest BCUT2D eigenvalue weighted by Crippen LogP contribution is 2.28. The highest BCUT2D eigenvalue weighted by molar-refractivity contribution is 7.17. The van der Waals surface area contributed by atoms with Crippen molar-refractivity contribution in [3.05, 3.63) is 64.8 Å². The first-order chi connectivity index (χ1) is 14.1. The SMILES string of the molecule is Cc1nc(-c2ccccn2)sc1C(=O)N(C)Cc1ccc(N2CCCCC2)cc1. The Labute approximate surface area is 176 Å². The molecule has 150 valence electrons. The summed E-state index contributed by atoms with van der Waals surface area (Å²) in [7, 11) is 1.85. The Morgan fingerprint density at radius 3 is 2.55 bits per heavy atom. The number of amides is 1. The number of pyridine rings is 1. The van der Waals surface area contributed by atoms with Crippen LogP contribution in [0.2, 0.25) is 0 Å². The van der Waals surface area contributed by atoms with E-state index in [2.05, 4.69) is 39.1 Å². The third kappa shape index (κ3) is 4.48. The number of nitrogens with zero attached hydrogens (tertiary/aromatic N) is 4. The van der Waals surface area contributed by atoms with Crippen LogP contribution >= 0.6 is 11.3 Å². The van der Waals surface area contributed by atoms with E-state index in [1.165, 1.54) is 36.3 Å². The first-order valence-electron chi connectivity index (χ1n) is 10.1. The van der Waals surface area contributed by atoms with Gasteiger partial charge in [-0.3, -0.25) is 9.78 Å². The average molecular weight is 407 g/mol. The van der Waals surface area contributed by atoms with E-state index >= 15 is 0 Å². The lowest BCUT2D eigenvalue weighted by Crippen LogP contribution is -2.29. The van der Waals surface area contributed by atoms with Crippen LogP contribution < -0.4 is 4.90 Å². The number of aromatic nitrogens is 2. The molecule has 0 atom stereocenters. The molecule has 3 heterocycles. The van der Waals surface area contributed by atoms with Crippen LogP contribution in [0.15, 0.2) is 48.7 Å². The molecule has 0 saturated carbocycles. The molecular formula is C23H26N4OS. The summed E-state index contributed by atoms with van der Waals surface area (Å²) in [6.45, 7) is 4.74. The third-order valence-electron chi connectivity index (χ3n) is 5.30. The average Bonchev–Trinajstić information content (AvgIpc) is 3.16. The van der Waals surface area contributed by atoms with E-state index in [0.29, 0.717) is 11.4 Å². The summed E-state index contributed by atoms with van der Waals surface area (Å²) in [6.07, 6.45) is 5.62. The second-order valence-electron chi connectivity index (χ2n) is 7.52. The molecule has 1 saturated heterocycles. The molecule has 1 aromatic carbocycles. The standard InChI is InChI=1S/C23H26N4OS/c1-17-21(29-22(25-17)20-8-4-5-13-24-20)23(28)26(2)16-18-9-11-19(12-10-18)27-14-6-3-7-15-27/h4-5,8-13H,3,6-7,14-16H2,1-2H3. The van der Waals surface area contributed by atoms with Gasteiger partial charge >= 0.3 is 0 Å². The van der Waals surface area contributed by atoms with Crippen molar-refractivity contribution in [2.45, 2.75) is 32.7 Å². The van der Waals surface area contributed by atoms with E-state index in [-0.39, 0.29) is 5.91 Å². The minimum Gasteiger partial charge on any atom is -0.372 e. The Hall–Kier alpha value is -2.73. The number of hydrogen-bond donors (Lipinski definition) is 0. The number of benzene rings is 1. The number of piperidine rings is 1. The van der Waals surface area contributed by atoms with Crippen molar-refractivity contribution in [2.24, 2.45) is 0 Å². The molecule has 1 aliphatic rings. The predicted octanol–water partition coefficient (Wildman–Crippen LogP) is 4.78. The molecule has 0 bridgehead atoms. The molecule has 0 aliphatic carbocycles. The van der Waals surface area contributed by atoms with Crippen molar-refractivity contribution in [3.8, 4) is 10.7 Å². The molecule has 0 radical (unpaired) electrons. The van der Waals surface area contributed by atoms with Gasteiger partial charge in [-0.1, -0.05) is 18.2 Å². The number of carbonyl (C=O) groups excluding carboxylic acids is 1. The molecule has 5 nitrogen and oxygen atoms in total. The lowest BCUT2D eigenvalue weighted by molar-refractivity contribution is 0.0789. The zero-order valence-electron chi connectivity index (χ0n) is 17.0. The van der Waals surface area contributed by atoms with Crippen molar-refractivity contribution >= 4 is 22.9 Å². The van der Waals surface area contributed by atoms with E-state index in [9.17, 15) is 4.79 Å². The molecule has 2 aromatic heterocycles. The summed E-state index contributed by atoms with van der Waals surface area (Å²) in [5, 5.41) is 0.783. The van der Waals surface area contributed by atoms with Gasteiger partial charge in [-0.05, 0) is 56.0 Å². The number of hydrogen-bond acceptors (Lipinski definition) is 5. The van der Waals surface area contributed by atoms with Gasteiger partial charge in [0, 0.05) is 38.6 Å². The van der Waals surface area contributed by atoms with Crippen LogP contribution in [0.3, 0.4) is 0 Å². The maximum atomic E-state index is 13.0. The quantitative estimate of drug-likeness (QED) is 0.612. The first-order valence-corrected chi connectivity index (χ1v) is 10.9. The summed E-state index contributed by atoms with van der Waals surface area (Å²) >= 11 is 1.41. The predicted molar refractivity (Wildman–Crippen MR) is 118 cm³/mol. The van der Waals surface area contributed by atoms with Gasteiger partial charge in [0.1, 0.15) is 9.88 Å². The smallest absolute Gasteiger partial charge is 0.265 e. The summed E-state index contributed by atoms with van der Waals surface area (Å²) in [5.74, 6) is 0.00212. The fourth-order valence-corrected chi connectivity index (χ4v) is 4.71. The van der Waals surface area contributed by atoms with E-state index in [4.69, 9.17) is 0 Å².